The van der Waals surface area contributed by atoms with Crippen molar-refractivity contribution < 1.29 is 18.0 Å². The van der Waals surface area contributed by atoms with Crippen LogP contribution in [0.15, 0.2) is 36.5 Å². The van der Waals surface area contributed by atoms with E-state index in [1.807, 2.05) is 43.9 Å². The molecule has 1 aliphatic heterocycles. The van der Waals surface area contributed by atoms with E-state index in [0.717, 1.165) is 42.2 Å². The zero-order valence-corrected chi connectivity index (χ0v) is 20.3. The largest absolute Gasteiger partial charge is 0.417 e. The molecule has 0 unspecified atom stereocenters. The third kappa shape index (κ3) is 5.03. The standard InChI is InChI=1S/C26H27F3N6O/c1-14-4-6-21(24-33-15(2)8-16(3)34-24)23(32-14)25(36)35-13-18-9-17(18)10-20(35)12-31-22-7-5-19(11-30-22)26(27,28)29/h4-8,11,17-18,20H,9-10,12-13H2,1-3H3,(H,30,31)/t17-,18+,20+/m1/s1. The number of piperidine rings is 1. The summed E-state index contributed by atoms with van der Waals surface area (Å²) in [5, 5.41) is 3.12. The summed E-state index contributed by atoms with van der Waals surface area (Å²) in [5.41, 5.74) is 2.44. The lowest BCUT2D eigenvalue weighted by Gasteiger charge is -2.36. The molecule has 0 bridgehead atoms. The van der Waals surface area contributed by atoms with Crippen LogP contribution < -0.4 is 5.32 Å². The minimum atomic E-state index is -4.43. The second-order valence-corrected chi connectivity index (χ2v) is 9.74. The predicted molar refractivity (Wildman–Crippen MR) is 128 cm³/mol. The lowest BCUT2D eigenvalue weighted by molar-refractivity contribution is -0.137. The molecule has 3 aromatic heterocycles. The minimum absolute atomic E-state index is 0.138. The molecule has 188 valence electrons. The molecule has 5 rings (SSSR count). The average molecular weight is 497 g/mol. The lowest BCUT2D eigenvalue weighted by Crippen LogP contribution is -2.48. The van der Waals surface area contributed by atoms with Crippen molar-refractivity contribution in [3.63, 3.8) is 0 Å². The van der Waals surface area contributed by atoms with Crippen LogP contribution in [0, 0.1) is 32.6 Å². The number of alkyl halides is 3. The van der Waals surface area contributed by atoms with Gasteiger partial charge in [-0.2, -0.15) is 13.2 Å². The highest BCUT2D eigenvalue weighted by Gasteiger charge is 2.47. The van der Waals surface area contributed by atoms with Crippen LogP contribution in [0.25, 0.3) is 11.4 Å². The third-order valence-corrected chi connectivity index (χ3v) is 6.85. The summed E-state index contributed by atoms with van der Waals surface area (Å²) in [6, 6.07) is 7.74. The van der Waals surface area contributed by atoms with E-state index in [1.54, 1.807) is 0 Å². The van der Waals surface area contributed by atoms with Crippen molar-refractivity contribution in [2.75, 3.05) is 18.4 Å². The highest BCUT2D eigenvalue weighted by atomic mass is 19.4. The second kappa shape index (κ2) is 9.15. The van der Waals surface area contributed by atoms with Gasteiger partial charge in [-0.1, -0.05) is 0 Å². The maximum absolute atomic E-state index is 13.9. The summed E-state index contributed by atoms with van der Waals surface area (Å²) >= 11 is 0. The van der Waals surface area contributed by atoms with Gasteiger partial charge in [0.2, 0.25) is 0 Å². The fourth-order valence-corrected chi connectivity index (χ4v) is 4.91. The SMILES string of the molecule is Cc1cc(C)nc(-c2ccc(C)nc2C(=O)N2C[C@@H]3C[C@@H]3C[C@H]2CNc2ccc(C(F)(F)F)cn2)n1. The number of rotatable bonds is 5. The number of nitrogens with one attached hydrogen (secondary N) is 1. The number of carbonyl (C=O) groups excluding carboxylic acids is 1. The number of fused-ring (bicyclic) bond motifs is 1. The van der Waals surface area contributed by atoms with E-state index in [2.05, 4.69) is 25.3 Å². The van der Waals surface area contributed by atoms with Crippen LogP contribution in [-0.4, -0.2) is 49.9 Å². The first-order valence-corrected chi connectivity index (χ1v) is 12.0. The van der Waals surface area contributed by atoms with E-state index in [0.29, 0.717) is 47.8 Å². The van der Waals surface area contributed by atoms with Crippen molar-refractivity contribution in [1.29, 1.82) is 0 Å². The van der Waals surface area contributed by atoms with Gasteiger partial charge in [0.15, 0.2) is 5.82 Å². The van der Waals surface area contributed by atoms with Gasteiger partial charge in [0, 0.05) is 42.4 Å². The van der Waals surface area contributed by atoms with Gasteiger partial charge in [-0.05, 0) is 75.8 Å². The topological polar surface area (TPSA) is 83.9 Å². The molecule has 1 saturated carbocycles. The normalized spacial score (nSPS) is 21.2. The van der Waals surface area contributed by atoms with Gasteiger partial charge in [0.1, 0.15) is 11.5 Å². The van der Waals surface area contributed by atoms with E-state index >= 15 is 0 Å². The van der Waals surface area contributed by atoms with E-state index in [1.165, 1.54) is 6.07 Å². The molecule has 1 amide bonds. The Labute approximate surface area is 207 Å². The first-order chi connectivity index (χ1) is 17.1. The number of hydrogen-bond donors (Lipinski definition) is 1. The molecule has 0 spiro atoms. The summed E-state index contributed by atoms with van der Waals surface area (Å²) in [7, 11) is 0. The van der Waals surface area contributed by atoms with Crippen LogP contribution in [0.5, 0.6) is 0 Å². The minimum Gasteiger partial charge on any atom is -0.368 e. The number of halogens is 3. The molecule has 7 nitrogen and oxygen atoms in total. The quantitative estimate of drug-likeness (QED) is 0.544. The molecular formula is C26H27F3N6O. The van der Waals surface area contributed by atoms with Gasteiger partial charge < -0.3 is 10.2 Å². The predicted octanol–water partition coefficient (Wildman–Crippen LogP) is 4.84. The molecule has 1 aliphatic carbocycles. The van der Waals surface area contributed by atoms with Gasteiger partial charge in [0.25, 0.3) is 5.91 Å². The summed E-state index contributed by atoms with van der Waals surface area (Å²) in [6.45, 7) is 6.62. The Hall–Kier alpha value is -3.56. The van der Waals surface area contributed by atoms with Gasteiger partial charge in [0.05, 0.1) is 11.1 Å². The highest BCUT2D eigenvalue weighted by molar-refractivity contribution is 5.98. The Balaban J connectivity index is 1.40. The van der Waals surface area contributed by atoms with Gasteiger partial charge in [-0.3, -0.25) is 4.79 Å². The maximum Gasteiger partial charge on any atom is 0.417 e. The van der Waals surface area contributed by atoms with Gasteiger partial charge in [-0.15, -0.1) is 0 Å². The fourth-order valence-electron chi connectivity index (χ4n) is 4.91. The maximum atomic E-state index is 13.9. The van der Waals surface area contributed by atoms with Crippen molar-refractivity contribution >= 4 is 11.7 Å². The zero-order chi connectivity index (χ0) is 25.6. The van der Waals surface area contributed by atoms with E-state index < -0.39 is 11.7 Å². The molecule has 3 aromatic rings. The first kappa shape index (κ1) is 24.1. The Bertz CT molecular complexity index is 1270. The average Bonchev–Trinajstić information content (AvgIpc) is 3.59. The van der Waals surface area contributed by atoms with Crippen LogP contribution in [0.3, 0.4) is 0 Å². The van der Waals surface area contributed by atoms with E-state index in [4.69, 9.17) is 0 Å². The Morgan fingerprint density at radius 1 is 1.00 bits per heavy atom. The van der Waals surface area contributed by atoms with Crippen LogP contribution in [-0.2, 0) is 6.18 Å². The molecule has 10 heteroatoms. The number of carbonyl (C=O) groups is 1. The lowest BCUT2D eigenvalue weighted by atomic mass is 10.00. The monoisotopic (exact) mass is 496 g/mol. The van der Waals surface area contributed by atoms with E-state index in [-0.39, 0.29) is 11.9 Å². The molecule has 2 aliphatic rings. The van der Waals surface area contributed by atoms with E-state index in [9.17, 15) is 18.0 Å². The highest BCUT2D eigenvalue weighted by Crippen LogP contribution is 2.47. The molecule has 36 heavy (non-hydrogen) atoms. The Kier molecular flexibility index (Phi) is 6.13. The second-order valence-electron chi connectivity index (χ2n) is 9.74. The Morgan fingerprint density at radius 3 is 2.42 bits per heavy atom. The number of amides is 1. The van der Waals surface area contributed by atoms with Crippen molar-refractivity contribution in [3.05, 3.63) is 64.9 Å². The summed E-state index contributed by atoms with van der Waals surface area (Å²) in [4.78, 5) is 33.3. The molecule has 0 aromatic carbocycles. The Morgan fingerprint density at radius 2 is 1.75 bits per heavy atom. The van der Waals surface area contributed by atoms with Crippen molar-refractivity contribution in [2.24, 2.45) is 11.8 Å². The number of aryl methyl sites for hydroxylation is 3. The summed E-state index contributed by atoms with van der Waals surface area (Å²) < 4.78 is 38.6. The smallest absolute Gasteiger partial charge is 0.368 e. The molecule has 2 fully saturated rings. The number of aromatic nitrogens is 4. The van der Waals surface area contributed by atoms with Crippen molar-refractivity contribution in [1.82, 2.24) is 24.8 Å². The molecule has 4 heterocycles. The van der Waals surface area contributed by atoms with Crippen LogP contribution in [0.1, 0.15) is 46.0 Å². The van der Waals surface area contributed by atoms with Gasteiger partial charge in [-0.25, -0.2) is 19.9 Å². The number of anilines is 1. The molecular weight excluding hydrogens is 469 g/mol. The zero-order valence-electron chi connectivity index (χ0n) is 20.3. The number of hydrogen-bond acceptors (Lipinski definition) is 6. The van der Waals surface area contributed by atoms with Crippen LogP contribution >= 0.6 is 0 Å². The third-order valence-electron chi connectivity index (χ3n) is 6.85. The number of pyridine rings is 2. The number of nitrogens with zero attached hydrogens (tertiary/aromatic N) is 5. The summed E-state index contributed by atoms with van der Waals surface area (Å²) in [6.07, 6.45) is -1.72. The first-order valence-electron chi connectivity index (χ1n) is 12.0. The van der Waals surface area contributed by atoms with Gasteiger partial charge >= 0.3 is 6.18 Å². The summed E-state index contributed by atoms with van der Waals surface area (Å²) in [5.74, 6) is 1.66. The molecule has 1 N–H and O–H groups in total. The van der Waals surface area contributed by atoms with Crippen molar-refractivity contribution in [2.45, 2.75) is 45.8 Å². The number of likely N-dealkylation sites (tertiary alicyclic amines) is 1. The van der Waals surface area contributed by atoms with Crippen LogP contribution in [0.2, 0.25) is 0 Å². The molecule has 1 saturated heterocycles. The van der Waals surface area contributed by atoms with Crippen molar-refractivity contribution in [3.8, 4) is 11.4 Å². The molecule has 3 atom stereocenters. The van der Waals surface area contributed by atoms with Crippen LogP contribution in [0.4, 0.5) is 19.0 Å². The fraction of sp³-hybridized carbons (Fsp3) is 0.423. The molecule has 0 radical (unpaired) electrons.